The summed E-state index contributed by atoms with van der Waals surface area (Å²) in [5, 5.41) is 0.561. The van der Waals surface area contributed by atoms with E-state index in [2.05, 4.69) is 16.9 Å². The lowest BCUT2D eigenvalue weighted by atomic mass is 9.68. The van der Waals surface area contributed by atoms with Gasteiger partial charge >= 0.3 is 0 Å². The van der Waals surface area contributed by atoms with Crippen LogP contribution in [0.3, 0.4) is 0 Å². The monoisotopic (exact) mass is 193 g/mol. The summed E-state index contributed by atoms with van der Waals surface area (Å²) in [4.78, 5) is 11.6. The van der Waals surface area contributed by atoms with E-state index in [9.17, 15) is 4.79 Å². The van der Waals surface area contributed by atoms with Crippen molar-refractivity contribution in [2.75, 3.05) is 0 Å². The molecule has 1 aliphatic heterocycles. The molecule has 0 aromatic heterocycles. The minimum atomic E-state index is 0.291. The van der Waals surface area contributed by atoms with Crippen molar-refractivity contribution in [2.45, 2.75) is 11.7 Å². The lowest BCUT2D eigenvalue weighted by Crippen LogP contribution is -2.41. The average molecular weight is 193 g/mol. The van der Waals surface area contributed by atoms with E-state index in [-0.39, 0.29) is 0 Å². The van der Waals surface area contributed by atoms with Crippen LogP contribution in [0.5, 0.6) is 0 Å². The Morgan fingerprint density at radius 1 is 1.31 bits per heavy atom. The summed E-state index contributed by atoms with van der Waals surface area (Å²) < 4.78 is 2.94. The van der Waals surface area contributed by atoms with Crippen molar-refractivity contribution >= 4 is 17.9 Å². The third-order valence-electron chi connectivity index (χ3n) is 4.18. The van der Waals surface area contributed by atoms with Crippen molar-refractivity contribution in [1.82, 2.24) is 4.72 Å². The standard InChI is InChI=1S/C10H11NOS/c12-10-8-4-1-2-5(7-3-6(4)7)9(8)13-11-10/h1-2,4-9H,3H2,(H,11,12). The van der Waals surface area contributed by atoms with Crippen LogP contribution in [-0.2, 0) is 4.79 Å². The quantitative estimate of drug-likeness (QED) is 0.462. The molecular formula is C10H11NOS. The minimum absolute atomic E-state index is 0.291. The van der Waals surface area contributed by atoms with Gasteiger partial charge in [-0.1, -0.05) is 12.2 Å². The molecule has 0 aromatic rings. The zero-order valence-electron chi connectivity index (χ0n) is 7.14. The number of hydrogen-bond acceptors (Lipinski definition) is 2. The molecule has 13 heavy (non-hydrogen) atoms. The summed E-state index contributed by atoms with van der Waals surface area (Å²) in [5.74, 6) is 3.67. The Kier molecular flexibility index (Phi) is 1.05. The smallest absolute Gasteiger partial charge is 0.234 e. The van der Waals surface area contributed by atoms with Gasteiger partial charge in [0.1, 0.15) is 0 Å². The topological polar surface area (TPSA) is 29.1 Å². The van der Waals surface area contributed by atoms with Crippen molar-refractivity contribution < 1.29 is 4.79 Å². The first-order valence-electron chi connectivity index (χ1n) is 5.00. The van der Waals surface area contributed by atoms with Crippen molar-refractivity contribution in [1.29, 1.82) is 0 Å². The Hall–Kier alpha value is -0.440. The second-order valence-corrected chi connectivity index (χ2v) is 5.66. The highest BCUT2D eigenvalue weighted by atomic mass is 32.2. The molecule has 6 unspecified atom stereocenters. The number of allylic oxidation sites excluding steroid dienone is 2. The van der Waals surface area contributed by atoms with Crippen LogP contribution in [0.1, 0.15) is 6.42 Å². The third-order valence-corrected chi connectivity index (χ3v) is 5.38. The largest absolute Gasteiger partial charge is 0.300 e. The first-order valence-corrected chi connectivity index (χ1v) is 5.88. The fraction of sp³-hybridized carbons (Fsp3) is 0.700. The predicted molar refractivity (Wildman–Crippen MR) is 50.7 cm³/mol. The highest BCUT2D eigenvalue weighted by Gasteiger charge is 2.63. The van der Waals surface area contributed by atoms with E-state index in [1.54, 1.807) is 11.9 Å². The van der Waals surface area contributed by atoms with Crippen LogP contribution >= 0.6 is 11.9 Å². The number of amides is 1. The van der Waals surface area contributed by atoms with E-state index in [1.165, 1.54) is 6.42 Å². The number of nitrogens with one attached hydrogen (secondary N) is 1. The molecule has 2 bridgehead atoms. The Balaban J connectivity index is 1.85. The van der Waals surface area contributed by atoms with Gasteiger partial charge in [-0.2, -0.15) is 0 Å². The SMILES string of the molecule is O=C1NSC2C3C=CC(C4CC34)C12. The Labute approximate surface area is 81.3 Å². The highest BCUT2D eigenvalue weighted by Crippen LogP contribution is 2.64. The highest BCUT2D eigenvalue weighted by molar-refractivity contribution is 7.99. The zero-order valence-corrected chi connectivity index (χ0v) is 7.96. The second-order valence-electron chi connectivity index (χ2n) is 4.68. The molecule has 1 heterocycles. The Bertz CT molecular complexity index is 327. The molecule has 5 rings (SSSR count). The third kappa shape index (κ3) is 0.675. The molecule has 3 heteroatoms. The molecule has 3 fully saturated rings. The van der Waals surface area contributed by atoms with Crippen LogP contribution < -0.4 is 4.72 Å². The average Bonchev–Trinajstić information content (AvgIpc) is 2.88. The Morgan fingerprint density at radius 2 is 2.08 bits per heavy atom. The van der Waals surface area contributed by atoms with Gasteiger partial charge in [-0.05, 0) is 42.0 Å². The summed E-state index contributed by atoms with van der Waals surface area (Å²) >= 11 is 1.68. The van der Waals surface area contributed by atoms with Gasteiger partial charge in [0.25, 0.3) is 0 Å². The molecule has 4 aliphatic carbocycles. The predicted octanol–water partition coefficient (Wildman–Crippen LogP) is 1.20. The lowest BCUT2D eigenvalue weighted by molar-refractivity contribution is -0.124. The van der Waals surface area contributed by atoms with Gasteiger partial charge in [-0.15, -0.1) is 0 Å². The maximum atomic E-state index is 11.6. The zero-order chi connectivity index (χ0) is 8.58. The van der Waals surface area contributed by atoms with E-state index in [0.29, 0.717) is 28.9 Å². The molecule has 5 aliphatic rings. The number of carbonyl (C=O) groups is 1. The van der Waals surface area contributed by atoms with Crippen molar-refractivity contribution in [3.05, 3.63) is 12.2 Å². The maximum absolute atomic E-state index is 11.6. The summed E-state index contributed by atoms with van der Waals surface area (Å²) in [6.07, 6.45) is 6.06. The summed E-state index contributed by atoms with van der Waals surface area (Å²) in [6, 6.07) is 0. The van der Waals surface area contributed by atoms with Gasteiger partial charge in [-0.3, -0.25) is 9.52 Å². The molecule has 0 radical (unpaired) electrons. The molecular weight excluding hydrogens is 182 g/mol. The van der Waals surface area contributed by atoms with Crippen molar-refractivity contribution in [3.8, 4) is 0 Å². The van der Waals surface area contributed by atoms with Crippen molar-refractivity contribution in [3.63, 3.8) is 0 Å². The first-order chi connectivity index (χ1) is 6.36. The fourth-order valence-corrected chi connectivity index (χ4v) is 4.82. The van der Waals surface area contributed by atoms with E-state index < -0.39 is 0 Å². The van der Waals surface area contributed by atoms with Crippen LogP contribution in [-0.4, -0.2) is 11.2 Å². The summed E-state index contributed by atoms with van der Waals surface area (Å²) in [6.45, 7) is 0. The molecule has 2 nitrogen and oxygen atoms in total. The number of hydrogen-bond donors (Lipinski definition) is 1. The normalized spacial score (nSPS) is 60.2. The maximum Gasteiger partial charge on any atom is 0.234 e. The molecule has 0 spiro atoms. The van der Waals surface area contributed by atoms with Gasteiger partial charge in [-0.25, -0.2) is 0 Å². The van der Waals surface area contributed by atoms with Crippen LogP contribution in [0.25, 0.3) is 0 Å². The Morgan fingerprint density at radius 3 is 3.00 bits per heavy atom. The van der Waals surface area contributed by atoms with Crippen LogP contribution in [0.4, 0.5) is 0 Å². The van der Waals surface area contributed by atoms with E-state index >= 15 is 0 Å². The van der Waals surface area contributed by atoms with Gasteiger partial charge in [0.2, 0.25) is 5.91 Å². The second kappa shape index (κ2) is 1.97. The van der Waals surface area contributed by atoms with E-state index in [0.717, 1.165) is 11.8 Å². The molecule has 2 saturated carbocycles. The van der Waals surface area contributed by atoms with E-state index in [4.69, 9.17) is 0 Å². The van der Waals surface area contributed by atoms with Gasteiger partial charge in [0.15, 0.2) is 0 Å². The lowest BCUT2D eigenvalue weighted by Gasteiger charge is -2.38. The van der Waals surface area contributed by atoms with Gasteiger partial charge in [0, 0.05) is 5.25 Å². The molecule has 1 N–H and O–H groups in total. The van der Waals surface area contributed by atoms with Crippen LogP contribution in [0.2, 0.25) is 0 Å². The van der Waals surface area contributed by atoms with E-state index in [1.807, 2.05) is 0 Å². The summed E-state index contributed by atoms with van der Waals surface area (Å²) in [7, 11) is 0. The molecule has 6 atom stereocenters. The minimum Gasteiger partial charge on any atom is -0.300 e. The number of rotatable bonds is 0. The molecule has 68 valence electrons. The fourth-order valence-electron chi connectivity index (χ4n) is 3.53. The molecule has 0 aromatic carbocycles. The van der Waals surface area contributed by atoms with Gasteiger partial charge < -0.3 is 0 Å². The first kappa shape index (κ1) is 6.93. The summed E-state index contributed by atoms with van der Waals surface area (Å²) in [5.41, 5.74) is 0. The van der Waals surface area contributed by atoms with Crippen molar-refractivity contribution in [2.24, 2.45) is 29.6 Å². The molecule has 1 amide bonds. The number of carbonyl (C=O) groups excluding carboxylic acids is 1. The van der Waals surface area contributed by atoms with Crippen LogP contribution in [0, 0.1) is 29.6 Å². The van der Waals surface area contributed by atoms with Gasteiger partial charge in [0.05, 0.1) is 5.92 Å². The van der Waals surface area contributed by atoms with Crippen LogP contribution in [0.15, 0.2) is 12.2 Å². The molecule has 1 saturated heterocycles.